The molecule has 0 bridgehead atoms. The fraction of sp³-hybridized carbons (Fsp3) is 1.00. The van der Waals surface area contributed by atoms with Crippen molar-refractivity contribution in [1.82, 2.24) is 0 Å². The molecule has 0 aliphatic rings. The van der Waals surface area contributed by atoms with Crippen molar-refractivity contribution in [3.05, 3.63) is 0 Å². The van der Waals surface area contributed by atoms with E-state index in [0.717, 1.165) is 12.8 Å². The third kappa shape index (κ3) is 17.8. The molecule has 1 atom stereocenters. The highest BCUT2D eigenvalue weighted by Crippen LogP contribution is 2.01. The van der Waals surface area contributed by atoms with Gasteiger partial charge in [0, 0.05) is 13.2 Å². The maximum atomic E-state index is 8.47. The highest BCUT2D eigenvalue weighted by Gasteiger charge is 1.93. The van der Waals surface area contributed by atoms with Crippen LogP contribution in [0.15, 0.2) is 0 Å². The lowest BCUT2D eigenvalue weighted by Gasteiger charge is -2.01. The Morgan fingerprint density at radius 1 is 1.09 bits per heavy atom. The molecule has 0 aliphatic heterocycles. The molecular formula is C9H22O2. The molecule has 0 aromatic rings. The van der Waals surface area contributed by atoms with E-state index < -0.39 is 0 Å². The van der Waals surface area contributed by atoms with Crippen LogP contribution in [0.3, 0.4) is 0 Å². The molecule has 0 spiro atoms. The van der Waals surface area contributed by atoms with Crippen molar-refractivity contribution >= 4 is 0 Å². The Bertz CT molecular complexity index is 53.5. The van der Waals surface area contributed by atoms with Crippen molar-refractivity contribution in [2.75, 3.05) is 13.2 Å². The molecule has 0 saturated heterocycles. The number of hydrogen-bond donors (Lipinski definition) is 2. The molecule has 0 amide bonds. The summed E-state index contributed by atoms with van der Waals surface area (Å²) in [4.78, 5) is 0. The maximum absolute atomic E-state index is 8.47. The molecule has 70 valence electrons. The Labute approximate surface area is 70.3 Å². The maximum Gasteiger partial charge on any atom is 0.0456 e. The van der Waals surface area contributed by atoms with Gasteiger partial charge in [-0.1, -0.05) is 27.2 Å². The average molecular weight is 162 g/mol. The second-order valence-corrected chi connectivity index (χ2v) is 2.80. The predicted octanol–water partition coefficient (Wildman–Crippen LogP) is 1.80. The molecule has 0 aromatic carbocycles. The number of aliphatic hydroxyl groups is 2. The first-order valence-electron chi connectivity index (χ1n) is 4.44. The SMILES string of the molecule is CCCC(C)CO.CCCO. The Morgan fingerprint density at radius 2 is 1.55 bits per heavy atom. The Kier molecular flexibility index (Phi) is 15.4. The summed E-state index contributed by atoms with van der Waals surface area (Å²) in [5, 5.41) is 16.3. The van der Waals surface area contributed by atoms with E-state index in [1.807, 2.05) is 6.92 Å². The van der Waals surface area contributed by atoms with E-state index >= 15 is 0 Å². The van der Waals surface area contributed by atoms with Gasteiger partial charge in [0.2, 0.25) is 0 Å². The minimum absolute atomic E-state index is 0.319. The lowest BCUT2D eigenvalue weighted by atomic mass is 10.1. The fourth-order valence-electron chi connectivity index (χ4n) is 0.584. The van der Waals surface area contributed by atoms with Crippen LogP contribution in [-0.2, 0) is 0 Å². The summed E-state index contributed by atoms with van der Waals surface area (Å²) in [5.74, 6) is 0.505. The average Bonchev–Trinajstić information content (AvgIpc) is 2.05. The van der Waals surface area contributed by atoms with Crippen LogP contribution < -0.4 is 0 Å². The number of aliphatic hydroxyl groups excluding tert-OH is 2. The molecule has 0 aliphatic carbocycles. The van der Waals surface area contributed by atoms with Crippen LogP contribution in [0, 0.1) is 5.92 Å². The summed E-state index contributed by atoms with van der Waals surface area (Å²) in [6.07, 6.45) is 3.21. The van der Waals surface area contributed by atoms with Crippen molar-refractivity contribution in [3.8, 4) is 0 Å². The Morgan fingerprint density at radius 3 is 1.64 bits per heavy atom. The van der Waals surface area contributed by atoms with Crippen molar-refractivity contribution in [3.63, 3.8) is 0 Å². The van der Waals surface area contributed by atoms with Gasteiger partial charge in [-0.25, -0.2) is 0 Å². The standard InChI is InChI=1S/C6H14O.C3H8O/c1-3-4-6(2)5-7;1-2-3-4/h6-7H,3-5H2,1-2H3;4H,2-3H2,1H3. The van der Waals surface area contributed by atoms with Crippen molar-refractivity contribution in [2.24, 2.45) is 5.92 Å². The fourth-order valence-corrected chi connectivity index (χ4v) is 0.584. The van der Waals surface area contributed by atoms with Gasteiger partial charge in [0.05, 0.1) is 0 Å². The van der Waals surface area contributed by atoms with Gasteiger partial charge in [-0.05, 0) is 18.8 Å². The molecular weight excluding hydrogens is 140 g/mol. The summed E-state index contributed by atoms with van der Waals surface area (Å²) in [5.41, 5.74) is 0. The highest BCUT2D eigenvalue weighted by molar-refractivity contribution is 4.45. The molecule has 0 rings (SSSR count). The first kappa shape index (κ1) is 13.5. The summed E-state index contributed by atoms with van der Waals surface area (Å²) < 4.78 is 0. The molecule has 0 heterocycles. The van der Waals surface area contributed by atoms with Gasteiger partial charge in [0.15, 0.2) is 0 Å². The van der Waals surface area contributed by atoms with E-state index in [-0.39, 0.29) is 0 Å². The van der Waals surface area contributed by atoms with Crippen LogP contribution in [0.25, 0.3) is 0 Å². The zero-order valence-electron chi connectivity index (χ0n) is 8.01. The van der Waals surface area contributed by atoms with Crippen LogP contribution in [0.2, 0.25) is 0 Å². The summed E-state index contributed by atoms with van der Waals surface area (Å²) in [6, 6.07) is 0. The smallest absolute Gasteiger partial charge is 0.0456 e. The quantitative estimate of drug-likeness (QED) is 0.661. The molecule has 11 heavy (non-hydrogen) atoms. The minimum Gasteiger partial charge on any atom is -0.396 e. The van der Waals surface area contributed by atoms with Crippen LogP contribution >= 0.6 is 0 Å². The highest BCUT2D eigenvalue weighted by atomic mass is 16.3. The lowest BCUT2D eigenvalue weighted by molar-refractivity contribution is 0.229. The first-order valence-corrected chi connectivity index (χ1v) is 4.44. The largest absolute Gasteiger partial charge is 0.396 e. The van der Waals surface area contributed by atoms with E-state index in [0.29, 0.717) is 19.1 Å². The summed E-state index contributed by atoms with van der Waals surface area (Å²) in [6.45, 7) is 6.78. The van der Waals surface area contributed by atoms with E-state index in [1.165, 1.54) is 6.42 Å². The molecule has 2 nitrogen and oxygen atoms in total. The van der Waals surface area contributed by atoms with E-state index in [9.17, 15) is 0 Å². The third-order valence-corrected chi connectivity index (χ3v) is 1.32. The molecule has 0 fully saturated rings. The zero-order chi connectivity index (χ0) is 9.11. The predicted molar refractivity (Wildman–Crippen MR) is 48.5 cm³/mol. The van der Waals surface area contributed by atoms with Gasteiger partial charge in [0.1, 0.15) is 0 Å². The monoisotopic (exact) mass is 162 g/mol. The Balaban J connectivity index is 0. The first-order chi connectivity index (χ1) is 5.22. The number of rotatable bonds is 4. The van der Waals surface area contributed by atoms with Gasteiger partial charge in [0.25, 0.3) is 0 Å². The topological polar surface area (TPSA) is 40.5 Å². The summed E-state index contributed by atoms with van der Waals surface area (Å²) >= 11 is 0. The lowest BCUT2D eigenvalue weighted by Crippen LogP contribution is -1.98. The molecule has 0 aromatic heterocycles. The zero-order valence-corrected chi connectivity index (χ0v) is 8.01. The van der Waals surface area contributed by atoms with Gasteiger partial charge in [-0.15, -0.1) is 0 Å². The second kappa shape index (κ2) is 12.6. The molecule has 2 heteroatoms. The molecule has 2 N–H and O–H groups in total. The van der Waals surface area contributed by atoms with E-state index in [1.54, 1.807) is 0 Å². The van der Waals surface area contributed by atoms with Crippen molar-refractivity contribution in [1.29, 1.82) is 0 Å². The number of hydrogen-bond acceptors (Lipinski definition) is 2. The van der Waals surface area contributed by atoms with Gasteiger partial charge >= 0.3 is 0 Å². The van der Waals surface area contributed by atoms with E-state index in [2.05, 4.69) is 13.8 Å². The van der Waals surface area contributed by atoms with Gasteiger partial charge in [-0.2, -0.15) is 0 Å². The van der Waals surface area contributed by atoms with Crippen LogP contribution in [0.4, 0.5) is 0 Å². The van der Waals surface area contributed by atoms with Crippen LogP contribution in [0.5, 0.6) is 0 Å². The van der Waals surface area contributed by atoms with Gasteiger partial charge < -0.3 is 10.2 Å². The normalized spacial score (nSPS) is 11.7. The minimum atomic E-state index is 0.319. The van der Waals surface area contributed by atoms with E-state index in [4.69, 9.17) is 10.2 Å². The van der Waals surface area contributed by atoms with Crippen LogP contribution in [-0.4, -0.2) is 23.4 Å². The van der Waals surface area contributed by atoms with Crippen molar-refractivity contribution in [2.45, 2.75) is 40.0 Å². The second-order valence-electron chi connectivity index (χ2n) is 2.80. The molecule has 0 radical (unpaired) electrons. The Hall–Kier alpha value is -0.0800. The molecule has 1 unspecified atom stereocenters. The van der Waals surface area contributed by atoms with Crippen LogP contribution in [0.1, 0.15) is 40.0 Å². The van der Waals surface area contributed by atoms with Gasteiger partial charge in [-0.3, -0.25) is 0 Å². The third-order valence-electron chi connectivity index (χ3n) is 1.32. The summed E-state index contributed by atoms with van der Waals surface area (Å²) in [7, 11) is 0. The molecule has 0 saturated carbocycles. The van der Waals surface area contributed by atoms with Crippen molar-refractivity contribution < 1.29 is 10.2 Å².